The molecule has 2 N–H and O–H groups in total. The van der Waals surface area contributed by atoms with Crippen LogP contribution in [-0.4, -0.2) is 22.6 Å². The number of aryl methyl sites for hydroxylation is 1. The Morgan fingerprint density at radius 1 is 1.40 bits per heavy atom. The number of amides is 1. The van der Waals surface area contributed by atoms with Gasteiger partial charge in [0.25, 0.3) is 5.91 Å². The van der Waals surface area contributed by atoms with Crippen LogP contribution in [-0.2, 0) is 0 Å². The summed E-state index contributed by atoms with van der Waals surface area (Å²) in [6.07, 6.45) is 0.997. The standard InChI is InChI=1S/C13H15BrN4OS/c1-3-7-15-13-18-17-12(20-13)11(19)16-9-6-4-5-8(2)10(9)14/h4-6H,3,7H2,1-2H3,(H,15,18)(H,16,19). The predicted molar refractivity (Wildman–Crippen MR) is 85.5 cm³/mol. The summed E-state index contributed by atoms with van der Waals surface area (Å²) in [7, 11) is 0. The van der Waals surface area contributed by atoms with E-state index in [1.165, 1.54) is 11.3 Å². The molecular formula is C13H15BrN4OS. The molecule has 0 aliphatic heterocycles. The minimum Gasteiger partial charge on any atom is -0.360 e. The minimum absolute atomic E-state index is 0.252. The highest BCUT2D eigenvalue weighted by Crippen LogP contribution is 2.26. The summed E-state index contributed by atoms with van der Waals surface area (Å²) in [6, 6.07) is 5.70. The monoisotopic (exact) mass is 354 g/mol. The van der Waals surface area contributed by atoms with Crippen molar-refractivity contribution in [2.24, 2.45) is 0 Å². The SMILES string of the molecule is CCCNc1nnc(C(=O)Nc2cccc(C)c2Br)s1. The summed E-state index contributed by atoms with van der Waals surface area (Å²) in [5.74, 6) is -0.252. The van der Waals surface area contributed by atoms with Crippen LogP contribution in [0.25, 0.3) is 0 Å². The Bertz CT molecular complexity index is 614. The van der Waals surface area contributed by atoms with Gasteiger partial charge in [-0.15, -0.1) is 10.2 Å². The van der Waals surface area contributed by atoms with Gasteiger partial charge in [0.15, 0.2) is 0 Å². The van der Waals surface area contributed by atoms with E-state index in [0.717, 1.165) is 28.7 Å². The number of nitrogens with one attached hydrogen (secondary N) is 2. The van der Waals surface area contributed by atoms with Crippen molar-refractivity contribution in [2.75, 3.05) is 17.2 Å². The average Bonchev–Trinajstić information content (AvgIpc) is 2.90. The Morgan fingerprint density at radius 3 is 2.95 bits per heavy atom. The number of hydrogen-bond donors (Lipinski definition) is 2. The lowest BCUT2D eigenvalue weighted by Gasteiger charge is -2.07. The molecule has 1 aromatic carbocycles. The number of halogens is 1. The molecule has 5 nitrogen and oxygen atoms in total. The first-order valence-electron chi connectivity index (χ1n) is 6.25. The average molecular weight is 355 g/mol. The fourth-order valence-corrected chi connectivity index (χ4v) is 2.57. The van der Waals surface area contributed by atoms with Gasteiger partial charge < -0.3 is 10.6 Å². The normalized spacial score (nSPS) is 10.3. The second-order valence-corrected chi connectivity index (χ2v) is 6.00. The van der Waals surface area contributed by atoms with Crippen molar-refractivity contribution in [3.05, 3.63) is 33.2 Å². The summed E-state index contributed by atoms with van der Waals surface area (Å²) in [5, 5.41) is 14.8. The smallest absolute Gasteiger partial charge is 0.286 e. The number of hydrogen-bond acceptors (Lipinski definition) is 5. The van der Waals surface area contributed by atoms with E-state index < -0.39 is 0 Å². The van der Waals surface area contributed by atoms with E-state index in [0.29, 0.717) is 10.1 Å². The Labute approximate surface area is 129 Å². The Hall–Kier alpha value is -1.47. The highest BCUT2D eigenvalue weighted by atomic mass is 79.9. The number of nitrogens with zero attached hydrogens (tertiary/aromatic N) is 2. The van der Waals surface area contributed by atoms with Gasteiger partial charge in [0.05, 0.1) is 5.69 Å². The van der Waals surface area contributed by atoms with Gasteiger partial charge in [-0.25, -0.2) is 0 Å². The quantitative estimate of drug-likeness (QED) is 0.859. The van der Waals surface area contributed by atoms with Gasteiger partial charge in [-0.2, -0.15) is 0 Å². The summed E-state index contributed by atoms with van der Waals surface area (Å²) < 4.78 is 0.877. The first kappa shape index (κ1) is 14.9. The molecule has 7 heteroatoms. The molecule has 106 valence electrons. The van der Waals surface area contributed by atoms with E-state index in [2.05, 4.69) is 43.7 Å². The second-order valence-electron chi connectivity index (χ2n) is 4.23. The highest BCUT2D eigenvalue weighted by molar-refractivity contribution is 9.10. The maximum absolute atomic E-state index is 12.1. The predicted octanol–water partition coefficient (Wildman–Crippen LogP) is 3.68. The number of carbonyl (C=O) groups excluding carboxylic acids is 1. The third-order valence-electron chi connectivity index (χ3n) is 2.59. The van der Waals surface area contributed by atoms with Crippen LogP contribution in [0.1, 0.15) is 28.7 Å². The van der Waals surface area contributed by atoms with Gasteiger partial charge in [-0.3, -0.25) is 4.79 Å². The lowest BCUT2D eigenvalue weighted by molar-refractivity contribution is 0.102. The van der Waals surface area contributed by atoms with Crippen molar-refractivity contribution in [1.29, 1.82) is 0 Å². The molecule has 2 rings (SSSR count). The zero-order chi connectivity index (χ0) is 14.5. The van der Waals surface area contributed by atoms with Gasteiger partial charge in [0, 0.05) is 11.0 Å². The number of benzene rings is 1. The molecule has 0 saturated carbocycles. The molecule has 1 heterocycles. The van der Waals surface area contributed by atoms with Crippen molar-refractivity contribution >= 4 is 44.0 Å². The van der Waals surface area contributed by atoms with Crippen LogP contribution in [0, 0.1) is 6.92 Å². The van der Waals surface area contributed by atoms with Crippen LogP contribution in [0.15, 0.2) is 22.7 Å². The lowest BCUT2D eigenvalue weighted by atomic mass is 10.2. The highest BCUT2D eigenvalue weighted by Gasteiger charge is 2.14. The fourth-order valence-electron chi connectivity index (χ4n) is 1.54. The summed E-state index contributed by atoms with van der Waals surface area (Å²) in [4.78, 5) is 12.1. The molecule has 0 fully saturated rings. The Kier molecular flexibility index (Phi) is 5.08. The Morgan fingerprint density at radius 2 is 2.20 bits per heavy atom. The van der Waals surface area contributed by atoms with Crippen LogP contribution in [0.4, 0.5) is 10.8 Å². The van der Waals surface area contributed by atoms with Crippen LogP contribution in [0.5, 0.6) is 0 Å². The van der Waals surface area contributed by atoms with Crippen LogP contribution in [0.2, 0.25) is 0 Å². The van der Waals surface area contributed by atoms with E-state index in [-0.39, 0.29) is 5.91 Å². The zero-order valence-corrected chi connectivity index (χ0v) is 13.6. The van der Waals surface area contributed by atoms with Crippen molar-refractivity contribution in [3.8, 4) is 0 Å². The molecule has 0 aliphatic rings. The molecule has 0 radical (unpaired) electrons. The topological polar surface area (TPSA) is 66.9 Å². The van der Waals surface area contributed by atoms with Crippen molar-refractivity contribution in [1.82, 2.24) is 10.2 Å². The molecule has 0 saturated heterocycles. The van der Waals surface area contributed by atoms with E-state index in [9.17, 15) is 4.79 Å². The molecule has 0 bridgehead atoms. The molecule has 2 aromatic rings. The second kappa shape index (κ2) is 6.81. The van der Waals surface area contributed by atoms with Gasteiger partial charge in [-0.05, 0) is 40.9 Å². The molecule has 1 amide bonds. The summed E-state index contributed by atoms with van der Waals surface area (Å²) >= 11 is 4.71. The largest absolute Gasteiger partial charge is 0.360 e. The van der Waals surface area contributed by atoms with E-state index >= 15 is 0 Å². The number of rotatable bonds is 5. The van der Waals surface area contributed by atoms with Gasteiger partial charge in [-0.1, -0.05) is 30.4 Å². The van der Waals surface area contributed by atoms with Crippen molar-refractivity contribution in [2.45, 2.75) is 20.3 Å². The lowest BCUT2D eigenvalue weighted by Crippen LogP contribution is -2.12. The van der Waals surface area contributed by atoms with Crippen LogP contribution in [0.3, 0.4) is 0 Å². The zero-order valence-electron chi connectivity index (χ0n) is 11.2. The van der Waals surface area contributed by atoms with Crippen molar-refractivity contribution < 1.29 is 4.79 Å². The molecule has 0 unspecified atom stereocenters. The Balaban J connectivity index is 2.08. The number of carbonyl (C=O) groups is 1. The van der Waals surface area contributed by atoms with Crippen LogP contribution < -0.4 is 10.6 Å². The van der Waals surface area contributed by atoms with Gasteiger partial charge >= 0.3 is 0 Å². The third-order valence-corrected chi connectivity index (χ3v) is 4.52. The van der Waals surface area contributed by atoms with E-state index in [4.69, 9.17) is 0 Å². The minimum atomic E-state index is -0.252. The van der Waals surface area contributed by atoms with Gasteiger partial charge in [0.2, 0.25) is 10.1 Å². The molecule has 0 aliphatic carbocycles. The van der Waals surface area contributed by atoms with E-state index in [1.807, 2.05) is 25.1 Å². The molecule has 1 aromatic heterocycles. The number of aromatic nitrogens is 2. The molecule has 0 atom stereocenters. The van der Waals surface area contributed by atoms with Crippen molar-refractivity contribution in [3.63, 3.8) is 0 Å². The molecule has 20 heavy (non-hydrogen) atoms. The molecular weight excluding hydrogens is 340 g/mol. The maximum atomic E-state index is 12.1. The third kappa shape index (κ3) is 3.55. The number of anilines is 2. The maximum Gasteiger partial charge on any atom is 0.286 e. The molecule has 0 spiro atoms. The summed E-state index contributed by atoms with van der Waals surface area (Å²) in [6.45, 7) is 4.86. The first-order valence-corrected chi connectivity index (χ1v) is 7.86. The summed E-state index contributed by atoms with van der Waals surface area (Å²) in [5.41, 5.74) is 1.79. The van der Waals surface area contributed by atoms with Crippen LogP contribution >= 0.6 is 27.3 Å². The van der Waals surface area contributed by atoms with E-state index in [1.54, 1.807) is 0 Å². The fraction of sp³-hybridized carbons (Fsp3) is 0.308. The first-order chi connectivity index (χ1) is 9.61. The van der Waals surface area contributed by atoms with Gasteiger partial charge in [0.1, 0.15) is 0 Å².